The van der Waals surface area contributed by atoms with E-state index in [-0.39, 0.29) is 23.7 Å². The molecule has 0 saturated carbocycles. The quantitative estimate of drug-likeness (QED) is 0.862. The fourth-order valence-corrected chi connectivity index (χ4v) is 2.41. The highest BCUT2D eigenvalue weighted by Crippen LogP contribution is 2.36. The number of hydrogen-bond donors (Lipinski definition) is 1. The molecule has 1 aliphatic heterocycles. The molecule has 1 aromatic heterocycles. The first kappa shape index (κ1) is 18.0. The van der Waals surface area contributed by atoms with Gasteiger partial charge in [-0.15, -0.1) is 0 Å². The average molecular weight is 343 g/mol. The zero-order valence-electron chi connectivity index (χ0n) is 16.0. The van der Waals surface area contributed by atoms with Crippen LogP contribution in [0.2, 0.25) is 0 Å². The van der Waals surface area contributed by atoms with Gasteiger partial charge < -0.3 is 19.1 Å². The first-order chi connectivity index (χ1) is 11.5. The van der Waals surface area contributed by atoms with E-state index in [9.17, 15) is 0 Å². The molecule has 0 spiro atoms. The van der Waals surface area contributed by atoms with Crippen LogP contribution in [0.1, 0.15) is 54.4 Å². The number of nitrogens with zero attached hydrogens (tertiary/aromatic N) is 2. The molecule has 7 heteroatoms. The minimum Gasteiger partial charge on any atom is -0.399 e. The minimum absolute atomic E-state index is 0.173. The number of rotatable bonds is 3. The molecule has 1 fully saturated rings. The van der Waals surface area contributed by atoms with Crippen molar-refractivity contribution in [1.29, 1.82) is 0 Å². The first-order valence-electron chi connectivity index (χ1n) is 8.55. The van der Waals surface area contributed by atoms with Gasteiger partial charge in [0.25, 0.3) is 5.95 Å². The van der Waals surface area contributed by atoms with Crippen LogP contribution in [0.5, 0.6) is 0 Å². The SMILES string of the molecule is CC(C)(C)c1nc(Nc2ccc(B3OC(C)(C)C(C)(C)O3)cc2)no1. The summed E-state index contributed by atoms with van der Waals surface area (Å²) in [4.78, 5) is 4.38. The minimum atomic E-state index is -0.364. The van der Waals surface area contributed by atoms with E-state index >= 15 is 0 Å². The van der Waals surface area contributed by atoms with Gasteiger partial charge in [0.15, 0.2) is 0 Å². The molecule has 3 rings (SSSR count). The summed E-state index contributed by atoms with van der Waals surface area (Å²) in [5.41, 5.74) is 0.993. The van der Waals surface area contributed by atoms with Crippen LogP contribution in [0.25, 0.3) is 0 Å². The molecule has 1 aromatic carbocycles. The van der Waals surface area contributed by atoms with Gasteiger partial charge in [-0.1, -0.05) is 32.9 Å². The van der Waals surface area contributed by atoms with Crippen molar-refractivity contribution in [3.63, 3.8) is 0 Å². The number of anilines is 2. The Morgan fingerprint density at radius 2 is 1.52 bits per heavy atom. The molecule has 0 radical (unpaired) electrons. The maximum atomic E-state index is 6.07. The molecule has 6 nitrogen and oxygen atoms in total. The van der Waals surface area contributed by atoms with Gasteiger partial charge in [0, 0.05) is 11.1 Å². The van der Waals surface area contributed by atoms with Gasteiger partial charge in [-0.2, -0.15) is 4.98 Å². The lowest BCUT2D eigenvalue weighted by Crippen LogP contribution is -2.41. The third-order valence-corrected chi connectivity index (χ3v) is 4.76. The number of aromatic nitrogens is 2. The van der Waals surface area contributed by atoms with Crippen LogP contribution in [0, 0.1) is 0 Å². The highest BCUT2D eigenvalue weighted by atomic mass is 16.7. The van der Waals surface area contributed by atoms with Crippen molar-refractivity contribution in [2.24, 2.45) is 0 Å². The summed E-state index contributed by atoms with van der Waals surface area (Å²) >= 11 is 0. The zero-order valence-corrected chi connectivity index (χ0v) is 16.0. The lowest BCUT2D eigenvalue weighted by molar-refractivity contribution is 0.00578. The molecule has 2 heterocycles. The van der Waals surface area contributed by atoms with Gasteiger partial charge in [0.05, 0.1) is 11.2 Å². The van der Waals surface area contributed by atoms with E-state index in [4.69, 9.17) is 13.8 Å². The van der Waals surface area contributed by atoms with Crippen molar-refractivity contribution in [1.82, 2.24) is 10.1 Å². The molecule has 1 N–H and O–H groups in total. The molecule has 2 aromatic rings. The third-order valence-electron chi connectivity index (χ3n) is 4.76. The Kier molecular flexibility index (Phi) is 4.20. The molecule has 25 heavy (non-hydrogen) atoms. The van der Waals surface area contributed by atoms with Crippen LogP contribution >= 0.6 is 0 Å². The Morgan fingerprint density at radius 3 is 2.00 bits per heavy atom. The van der Waals surface area contributed by atoms with Crippen molar-refractivity contribution in [3.05, 3.63) is 30.2 Å². The van der Waals surface area contributed by atoms with E-state index < -0.39 is 0 Å². The second-order valence-electron chi connectivity index (χ2n) is 8.51. The predicted octanol–water partition coefficient (Wildman–Crippen LogP) is 3.41. The summed E-state index contributed by atoms with van der Waals surface area (Å²) in [6, 6.07) is 7.87. The molecule has 1 saturated heterocycles. The van der Waals surface area contributed by atoms with Crippen LogP contribution < -0.4 is 10.8 Å². The summed E-state index contributed by atoms with van der Waals surface area (Å²) in [7, 11) is -0.364. The Morgan fingerprint density at radius 1 is 0.960 bits per heavy atom. The van der Waals surface area contributed by atoms with Crippen LogP contribution in [-0.4, -0.2) is 28.5 Å². The van der Waals surface area contributed by atoms with Crippen molar-refractivity contribution in [3.8, 4) is 0 Å². The lowest BCUT2D eigenvalue weighted by Gasteiger charge is -2.32. The van der Waals surface area contributed by atoms with Gasteiger partial charge in [0.2, 0.25) is 5.89 Å². The standard InChI is InChI=1S/C18H26BN3O3/c1-16(2,3)14-21-15(22-23-14)20-13-10-8-12(9-11-13)19-24-17(4,5)18(6,7)25-19/h8-11H,1-7H3,(H,20,22). The first-order valence-corrected chi connectivity index (χ1v) is 8.55. The topological polar surface area (TPSA) is 69.4 Å². The molecule has 0 aliphatic carbocycles. The maximum Gasteiger partial charge on any atom is 0.494 e. The summed E-state index contributed by atoms with van der Waals surface area (Å²) in [6.45, 7) is 14.3. The summed E-state index contributed by atoms with van der Waals surface area (Å²) in [5.74, 6) is 1.05. The molecule has 0 amide bonds. The largest absolute Gasteiger partial charge is 0.494 e. The fraction of sp³-hybridized carbons (Fsp3) is 0.556. The van der Waals surface area contributed by atoms with E-state index in [1.54, 1.807) is 0 Å². The van der Waals surface area contributed by atoms with E-state index in [0.29, 0.717) is 11.8 Å². The van der Waals surface area contributed by atoms with E-state index in [0.717, 1.165) is 11.2 Å². The predicted molar refractivity (Wildman–Crippen MR) is 98.4 cm³/mol. The number of hydrogen-bond acceptors (Lipinski definition) is 6. The highest BCUT2D eigenvalue weighted by molar-refractivity contribution is 6.62. The average Bonchev–Trinajstić information content (AvgIpc) is 3.02. The molecule has 134 valence electrons. The summed E-state index contributed by atoms with van der Waals surface area (Å²) < 4.78 is 17.4. The molecular formula is C18H26BN3O3. The fourth-order valence-electron chi connectivity index (χ4n) is 2.41. The smallest absolute Gasteiger partial charge is 0.399 e. The molecule has 0 atom stereocenters. The van der Waals surface area contributed by atoms with E-state index in [1.165, 1.54) is 0 Å². The van der Waals surface area contributed by atoms with Crippen molar-refractivity contribution >= 4 is 24.2 Å². The van der Waals surface area contributed by atoms with E-state index in [2.05, 4.69) is 15.5 Å². The van der Waals surface area contributed by atoms with Gasteiger partial charge in [-0.05, 0) is 50.4 Å². The second-order valence-corrected chi connectivity index (χ2v) is 8.51. The monoisotopic (exact) mass is 343 g/mol. The highest BCUT2D eigenvalue weighted by Gasteiger charge is 2.51. The van der Waals surface area contributed by atoms with Gasteiger partial charge in [-0.25, -0.2) is 0 Å². The normalized spacial score (nSPS) is 19.2. The van der Waals surface area contributed by atoms with Crippen molar-refractivity contribution in [2.45, 2.75) is 65.1 Å². The van der Waals surface area contributed by atoms with Crippen LogP contribution in [-0.2, 0) is 14.7 Å². The van der Waals surface area contributed by atoms with Crippen molar-refractivity contribution < 1.29 is 13.8 Å². The summed E-state index contributed by atoms with van der Waals surface area (Å²) in [6.07, 6.45) is 0. The van der Waals surface area contributed by atoms with Gasteiger partial charge in [0.1, 0.15) is 0 Å². The Bertz CT molecular complexity index is 732. The lowest BCUT2D eigenvalue weighted by atomic mass is 9.79. The maximum absolute atomic E-state index is 6.07. The molecule has 1 aliphatic rings. The number of benzene rings is 1. The second kappa shape index (κ2) is 5.85. The molecular weight excluding hydrogens is 317 g/mol. The van der Waals surface area contributed by atoms with Crippen LogP contribution in [0.15, 0.2) is 28.8 Å². The van der Waals surface area contributed by atoms with Crippen LogP contribution in [0.3, 0.4) is 0 Å². The Hall–Kier alpha value is -1.86. The number of nitrogens with one attached hydrogen (secondary N) is 1. The Balaban J connectivity index is 1.70. The Labute approximate surface area is 149 Å². The third kappa shape index (κ3) is 3.57. The summed E-state index contributed by atoms with van der Waals surface area (Å²) in [5, 5.41) is 7.12. The van der Waals surface area contributed by atoms with Gasteiger partial charge >= 0.3 is 7.12 Å². The zero-order chi connectivity index (χ0) is 18.5. The molecule has 0 bridgehead atoms. The van der Waals surface area contributed by atoms with Crippen LogP contribution in [0.4, 0.5) is 11.6 Å². The van der Waals surface area contributed by atoms with Gasteiger partial charge in [-0.3, -0.25) is 0 Å². The van der Waals surface area contributed by atoms with Crippen molar-refractivity contribution in [2.75, 3.05) is 5.32 Å². The molecule has 0 unspecified atom stereocenters. The van der Waals surface area contributed by atoms with E-state index in [1.807, 2.05) is 72.7 Å².